The average Bonchev–Trinajstić information content (AvgIpc) is 2.90. The summed E-state index contributed by atoms with van der Waals surface area (Å²) in [6, 6.07) is -1.23. The lowest BCUT2D eigenvalue weighted by Gasteiger charge is -2.32. The smallest absolute Gasteiger partial charge is 0.235 e. The lowest BCUT2D eigenvalue weighted by Crippen LogP contribution is -2.58. The summed E-state index contributed by atoms with van der Waals surface area (Å²) in [5.41, 5.74) is -1.38. The Kier molecular flexibility index (Phi) is 5.37. The number of hydrogen-bond acceptors (Lipinski definition) is 6. The summed E-state index contributed by atoms with van der Waals surface area (Å²) in [7, 11) is 0. The number of thioether (sulfide) groups is 2. The molecule has 2 saturated heterocycles. The molecule has 0 aliphatic carbocycles. The van der Waals surface area contributed by atoms with Crippen molar-refractivity contribution in [2.24, 2.45) is 5.41 Å². The van der Waals surface area contributed by atoms with Crippen molar-refractivity contribution in [1.82, 2.24) is 10.6 Å². The molecule has 0 radical (unpaired) electrons. The lowest BCUT2D eigenvalue weighted by molar-refractivity contribution is -0.144. The topological polar surface area (TPSA) is 92.3 Å². The van der Waals surface area contributed by atoms with E-state index < -0.39 is 38.8 Å². The van der Waals surface area contributed by atoms with Crippen LogP contribution in [0.4, 0.5) is 0 Å². The van der Waals surface area contributed by atoms with E-state index in [2.05, 4.69) is 10.6 Å². The average molecular weight is 387 g/mol. The molecule has 2 heterocycles. The van der Waals surface area contributed by atoms with Crippen LogP contribution in [0.25, 0.3) is 0 Å². The zero-order valence-corrected chi connectivity index (χ0v) is 17.2. The normalized spacial score (nSPS) is 28.1. The largest absolute Gasteiger partial charge is 0.344 e. The van der Waals surface area contributed by atoms with Crippen molar-refractivity contribution in [1.29, 1.82) is 0 Å². The predicted molar refractivity (Wildman–Crippen MR) is 101 cm³/mol. The summed E-state index contributed by atoms with van der Waals surface area (Å²) in [5.74, 6) is -0.380. The number of hydrogen-bond donors (Lipinski definition) is 2. The highest BCUT2D eigenvalue weighted by Crippen LogP contribution is 2.37. The zero-order valence-electron chi connectivity index (χ0n) is 15.5. The summed E-state index contributed by atoms with van der Waals surface area (Å²) in [6.45, 7) is 10.6. The molecule has 2 N–H and O–H groups in total. The zero-order chi connectivity index (χ0) is 19.2. The molecule has 0 bridgehead atoms. The standard InChI is InChI=1S/C17H26N2O4S2/c1-15(2,13(22)18-11-9(20)7-24-16(11,3)4)14(23)19-12-10(21)8-25-17(12,5)6/h11-12H,7-8H2,1-6H3,(H,18,22)(H,19,23). The molecule has 2 aliphatic heterocycles. The monoisotopic (exact) mass is 386 g/mol. The van der Waals surface area contributed by atoms with Crippen molar-refractivity contribution in [3.8, 4) is 0 Å². The molecular weight excluding hydrogens is 360 g/mol. The Labute approximate surface area is 157 Å². The molecule has 2 atom stereocenters. The van der Waals surface area contributed by atoms with Crippen molar-refractivity contribution >= 4 is 46.9 Å². The first-order valence-corrected chi connectivity index (χ1v) is 10.2. The fourth-order valence-electron chi connectivity index (χ4n) is 2.86. The van der Waals surface area contributed by atoms with Crippen LogP contribution >= 0.6 is 23.5 Å². The van der Waals surface area contributed by atoms with Crippen LogP contribution in [-0.4, -0.2) is 56.5 Å². The highest BCUT2D eigenvalue weighted by Gasteiger charge is 2.48. The van der Waals surface area contributed by atoms with Crippen molar-refractivity contribution < 1.29 is 19.2 Å². The maximum absolute atomic E-state index is 12.7. The summed E-state index contributed by atoms with van der Waals surface area (Å²) in [4.78, 5) is 49.5. The van der Waals surface area contributed by atoms with Gasteiger partial charge in [0.05, 0.1) is 11.5 Å². The van der Waals surface area contributed by atoms with Crippen molar-refractivity contribution in [2.45, 2.75) is 63.1 Å². The molecule has 2 unspecified atom stereocenters. The van der Waals surface area contributed by atoms with Crippen molar-refractivity contribution in [3.05, 3.63) is 0 Å². The number of nitrogens with one attached hydrogen (secondary N) is 2. The van der Waals surface area contributed by atoms with E-state index in [0.29, 0.717) is 11.5 Å². The molecule has 2 aliphatic rings. The third-order valence-electron chi connectivity index (χ3n) is 4.89. The molecule has 0 saturated carbocycles. The molecule has 8 heteroatoms. The molecule has 2 rings (SSSR count). The molecule has 25 heavy (non-hydrogen) atoms. The lowest BCUT2D eigenvalue weighted by atomic mass is 9.88. The number of rotatable bonds is 4. The maximum atomic E-state index is 12.7. The molecule has 2 amide bonds. The van der Waals surface area contributed by atoms with Crippen molar-refractivity contribution in [3.63, 3.8) is 0 Å². The van der Waals surface area contributed by atoms with Gasteiger partial charge in [-0.2, -0.15) is 0 Å². The van der Waals surface area contributed by atoms with E-state index in [9.17, 15) is 19.2 Å². The summed E-state index contributed by atoms with van der Waals surface area (Å²) in [5, 5.41) is 5.47. The van der Waals surface area contributed by atoms with Crippen LogP contribution in [0.2, 0.25) is 0 Å². The van der Waals surface area contributed by atoms with E-state index in [1.54, 1.807) is 0 Å². The van der Waals surface area contributed by atoms with Gasteiger partial charge in [-0.3, -0.25) is 19.2 Å². The SMILES string of the molecule is CC(C)(C(=O)NC1C(=O)CSC1(C)C)C(=O)NC1C(=O)CSC1(C)C. The third-order valence-corrected chi connectivity index (χ3v) is 7.71. The summed E-state index contributed by atoms with van der Waals surface area (Å²) >= 11 is 2.98. The first-order chi connectivity index (χ1) is 11.3. The third kappa shape index (κ3) is 3.89. The first kappa shape index (κ1) is 20.3. The molecule has 140 valence electrons. The van der Waals surface area contributed by atoms with Gasteiger partial charge in [-0.05, 0) is 41.5 Å². The number of Topliss-reactive ketones (excluding diaryl/α,β-unsaturated/α-hetero) is 2. The van der Waals surface area contributed by atoms with E-state index in [1.807, 2.05) is 27.7 Å². The number of ketones is 2. The summed E-state index contributed by atoms with van der Waals surface area (Å²) < 4.78 is -0.807. The Morgan fingerprint density at radius 3 is 1.44 bits per heavy atom. The van der Waals surface area contributed by atoms with E-state index in [-0.39, 0.29) is 11.6 Å². The second-order valence-corrected chi connectivity index (χ2v) is 11.4. The molecule has 0 aromatic carbocycles. The van der Waals surface area contributed by atoms with Gasteiger partial charge in [-0.25, -0.2) is 0 Å². The van der Waals surface area contributed by atoms with Gasteiger partial charge >= 0.3 is 0 Å². The second-order valence-electron chi connectivity index (χ2n) is 8.15. The second kappa shape index (κ2) is 6.61. The van der Waals surface area contributed by atoms with Crippen LogP contribution in [0.5, 0.6) is 0 Å². The van der Waals surface area contributed by atoms with Gasteiger partial charge in [-0.15, -0.1) is 23.5 Å². The van der Waals surface area contributed by atoms with Gasteiger partial charge in [0.2, 0.25) is 11.8 Å². The van der Waals surface area contributed by atoms with Crippen LogP contribution in [0.1, 0.15) is 41.5 Å². The Balaban J connectivity index is 2.09. The fraction of sp³-hybridized carbons (Fsp3) is 0.765. The molecule has 6 nitrogen and oxygen atoms in total. The maximum Gasteiger partial charge on any atom is 0.235 e. The van der Waals surface area contributed by atoms with Crippen molar-refractivity contribution in [2.75, 3.05) is 11.5 Å². The fourth-order valence-corrected chi connectivity index (χ4v) is 4.93. The van der Waals surface area contributed by atoms with Crippen LogP contribution in [0, 0.1) is 5.41 Å². The Hall–Kier alpha value is -1.02. The summed E-state index contributed by atoms with van der Waals surface area (Å²) in [6.07, 6.45) is 0. The van der Waals surface area contributed by atoms with E-state index >= 15 is 0 Å². The molecule has 0 aromatic heterocycles. The molecular formula is C17H26N2O4S2. The minimum absolute atomic E-state index is 0.0388. The Morgan fingerprint density at radius 1 is 0.880 bits per heavy atom. The molecule has 0 aromatic rings. The van der Waals surface area contributed by atoms with Gasteiger partial charge in [0.25, 0.3) is 0 Å². The number of carbonyl (C=O) groups is 4. The quantitative estimate of drug-likeness (QED) is 0.705. The van der Waals surface area contributed by atoms with Crippen LogP contribution in [0.3, 0.4) is 0 Å². The van der Waals surface area contributed by atoms with Gasteiger partial charge in [0.1, 0.15) is 17.5 Å². The Bertz CT molecular complexity index is 576. The van der Waals surface area contributed by atoms with Gasteiger partial charge in [0, 0.05) is 9.49 Å². The minimum Gasteiger partial charge on any atom is -0.344 e. The first-order valence-electron chi connectivity index (χ1n) is 8.24. The van der Waals surface area contributed by atoms with Gasteiger partial charge in [-0.1, -0.05) is 0 Å². The molecule has 2 fully saturated rings. The number of amides is 2. The van der Waals surface area contributed by atoms with Gasteiger partial charge < -0.3 is 10.6 Å². The van der Waals surface area contributed by atoms with Gasteiger partial charge in [0.15, 0.2) is 11.6 Å². The minimum atomic E-state index is -1.38. The van der Waals surface area contributed by atoms with Crippen LogP contribution in [-0.2, 0) is 19.2 Å². The van der Waals surface area contributed by atoms with Crippen LogP contribution in [0.15, 0.2) is 0 Å². The van der Waals surface area contributed by atoms with E-state index in [4.69, 9.17) is 0 Å². The van der Waals surface area contributed by atoms with E-state index in [1.165, 1.54) is 37.4 Å². The predicted octanol–water partition coefficient (Wildman–Crippen LogP) is 1.17. The Morgan fingerprint density at radius 2 is 1.20 bits per heavy atom. The highest BCUT2D eigenvalue weighted by atomic mass is 32.2. The molecule has 0 spiro atoms. The van der Waals surface area contributed by atoms with E-state index in [0.717, 1.165) is 0 Å². The number of carbonyl (C=O) groups excluding carboxylic acids is 4. The highest BCUT2D eigenvalue weighted by molar-refractivity contribution is 8.02. The van der Waals surface area contributed by atoms with Crippen LogP contribution < -0.4 is 10.6 Å².